The smallest absolute Gasteiger partial charge is 0.0165 e. The molecule has 0 saturated carbocycles. The molecule has 1 heterocycles. The van der Waals surface area contributed by atoms with Crippen LogP contribution in [-0.4, -0.2) is 17.5 Å². The molecule has 42 valence electrons. The Morgan fingerprint density at radius 2 is 2.43 bits per heavy atom. The van der Waals surface area contributed by atoms with Gasteiger partial charge in [0, 0.05) is 13.1 Å². The summed E-state index contributed by atoms with van der Waals surface area (Å²) in [7, 11) is 0. The van der Waals surface area contributed by atoms with E-state index in [0.717, 1.165) is 19.0 Å². The molecule has 1 saturated heterocycles. The van der Waals surface area contributed by atoms with Crippen molar-refractivity contribution in [1.82, 2.24) is 4.42 Å². The first-order valence-corrected chi connectivity index (χ1v) is 3.03. The van der Waals surface area contributed by atoms with Crippen LogP contribution in [0, 0.1) is 5.92 Å². The lowest BCUT2D eigenvalue weighted by molar-refractivity contribution is 0.534. The van der Waals surface area contributed by atoms with Crippen LogP contribution in [0.4, 0.5) is 0 Å². The minimum absolute atomic E-state index is 0.817. The van der Waals surface area contributed by atoms with Crippen molar-refractivity contribution in [2.24, 2.45) is 5.92 Å². The van der Waals surface area contributed by atoms with E-state index < -0.39 is 0 Å². The number of rotatable bonds is 0. The second-order valence-electron chi connectivity index (χ2n) is 2.26. The van der Waals surface area contributed by atoms with Crippen LogP contribution in [0.5, 0.6) is 0 Å². The van der Waals surface area contributed by atoms with Gasteiger partial charge in [0.2, 0.25) is 0 Å². The Bertz CT molecular complexity index is 57.1. The summed E-state index contributed by atoms with van der Waals surface area (Å²) >= 11 is 5.64. The molecule has 1 aliphatic rings. The van der Waals surface area contributed by atoms with Crippen LogP contribution in [0.15, 0.2) is 0 Å². The Balaban J connectivity index is 2.26. The van der Waals surface area contributed by atoms with Gasteiger partial charge in [0.1, 0.15) is 0 Å². The lowest BCUT2D eigenvalue weighted by Gasteiger charge is -1.99. The highest BCUT2D eigenvalue weighted by Gasteiger charge is 2.15. The average Bonchev–Trinajstić information content (AvgIpc) is 1.87. The number of hydrogen-bond donors (Lipinski definition) is 0. The third kappa shape index (κ3) is 1.32. The predicted octanol–water partition coefficient (Wildman–Crippen LogP) is 1.48. The highest BCUT2D eigenvalue weighted by atomic mass is 35.5. The molecule has 0 aromatic carbocycles. The summed E-state index contributed by atoms with van der Waals surface area (Å²) in [4.78, 5) is 0. The molecule has 0 bridgehead atoms. The zero-order chi connectivity index (χ0) is 5.28. The van der Waals surface area contributed by atoms with E-state index >= 15 is 0 Å². The van der Waals surface area contributed by atoms with Gasteiger partial charge >= 0.3 is 0 Å². The Kier molecular flexibility index (Phi) is 1.55. The maximum Gasteiger partial charge on any atom is 0.0165 e. The van der Waals surface area contributed by atoms with E-state index in [1.165, 1.54) is 6.42 Å². The number of halogens is 1. The molecule has 0 aromatic heterocycles. The fourth-order valence-corrected chi connectivity index (χ4v) is 1.21. The fourth-order valence-electron chi connectivity index (χ4n) is 0.881. The van der Waals surface area contributed by atoms with E-state index in [-0.39, 0.29) is 0 Å². The topological polar surface area (TPSA) is 3.24 Å². The van der Waals surface area contributed by atoms with Gasteiger partial charge in [-0.25, -0.2) is 4.42 Å². The molecule has 0 radical (unpaired) electrons. The predicted molar refractivity (Wildman–Crippen MR) is 31.2 cm³/mol. The van der Waals surface area contributed by atoms with Gasteiger partial charge in [-0.05, 0) is 24.1 Å². The van der Waals surface area contributed by atoms with Crippen molar-refractivity contribution in [2.45, 2.75) is 13.3 Å². The van der Waals surface area contributed by atoms with Gasteiger partial charge in [-0.15, -0.1) is 0 Å². The zero-order valence-corrected chi connectivity index (χ0v) is 5.28. The molecule has 1 nitrogen and oxygen atoms in total. The van der Waals surface area contributed by atoms with Crippen LogP contribution in [0.25, 0.3) is 0 Å². The summed E-state index contributed by atoms with van der Waals surface area (Å²) in [6.07, 6.45) is 1.27. The second kappa shape index (κ2) is 2.01. The van der Waals surface area contributed by atoms with Crippen molar-refractivity contribution in [2.75, 3.05) is 13.1 Å². The fraction of sp³-hybridized carbons (Fsp3) is 1.00. The molecule has 7 heavy (non-hydrogen) atoms. The lowest BCUT2D eigenvalue weighted by atomic mass is 10.2. The molecular formula is C5H10ClN. The summed E-state index contributed by atoms with van der Waals surface area (Å²) in [6.45, 7) is 4.37. The van der Waals surface area contributed by atoms with Crippen molar-refractivity contribution in [3.05, 3.63) is 0 Å². The minimum atomic E-state index is 0.817. The molecule has 0 aliphatic carbocycles. The first kappa shape index (κ1) is 5.39. The van der Waals surface area contributed by atoms with Crippen LogP contribution in [0.2, 0.25) is 0 Å². The van der Waals surface area contributed by atoms with E-state index in [0.29, 0.717) is 0 Å². The molecule has 1 aliphatic heterocycles. The van der Waals surface area contributed by atoms with Crippen LogP contribution in [-0.2, 0) is 0 Å². The maximum absolute atomic E-state index is 5.64. The first-order valence-electron chi connectivity index (χ1n) is 2.70. The summed E-state index contributed by atoms with van der Waals surface area (Å²) < 4.78 is 1.85. The lowest BCUT2D eigenvalue weighted by Crippen LogP contribution is -2.05. The highest BCUT2D eigenvalue weighted by molar-refractivity contribution is 6.13. The molecule has 1 fully saturated rings. The molecule has 1 atom stereocenters. The van der Waals surface area contributed by atoms with Crippen molar-refractivity contribution >= 4 is 11.8 Å². The van der Waals surface area contributed by atoms with E-state index in [4.69, 9.17) is 11.8 Å². The summed E-state index contributed by atoms with van der Waals surface area (Å²) in [6, 6.07) is 0. The normalized spacial score (nSPS) is 34.3. The monoisotopic (exact) mass is 119 g/mol. The highest BCUT2D eigenvalue weighted by Crippen LogP contribution is 2.15. The van der Waals surface area contributed by atoms with Gasteiger partial charge in [-0.2, -0.15) is 0 Å². The molecule has 0 aromatic rings. The van der Waals surface area contributed by atoms with Crippen molar-refractivity contribution in [3.8, 4) is 0 Å². The van der Waals surface area contributed by atoms with Gasteiger partial charge in [-0.1, -0.05) is 6.92 Å². The van der Waals surface area contributed by atoms with E-state index in [1.807, 2.05) is 4.42 Å². The van der Waals surface area contributed by atoms with Gasteiger partial charge in [-0.3, -0.25) is 0 Å². The van der Waals surface area contributed by atoms with Crippen molar-refractivity contribution in [3.63, 3.8) is 0 Å². The molecule has 2 heteroatoms. The zero-order valence-electron chi connectivity index (χ0n) is 4.52. The maximum atomic E-state index is 5.64. The molecular weight excluding hydrogens is 110 g/mol. The largest absolute Gasteiger partial charge is 0.220 e. The molecule has 0 unspecified atom stereocenters. The van der Waals surface area contributed by atoms with Gasteiger partial charge in [0.25, 0.3) is 0 Å². The molecule has 0 N–H and O–H groups in total. The van der Waals surface area contributed by atoms with Crippen molar-refractivity contribution in [1.29, 1.82) is 0 Å². The standard InChI is InChI=1S/C5H10ClN/c1-5-2-3-7(6)4-5/h5H,2-4H2,1H3/t5-/m0/s1. The van der Waals surface area contributed by atoms with Crippen LogP contribution < -0.4 is 0 Å². The summed E-state index contributed by atoms with van der Waals surface area (Å²) in [5, 5.41) is 0. The van der Waals surface area contributed by atoms with Crippen molar-refractivity contribution < 1.29 is 0 Å². The third-order valence-corrected chi connectivity index (χ3v) is 1.68. The van der Waals surface area contributed by atoms with Gasteiger partial charge < -0.3 is 0 Å². The average molecular weight is 120 g/mol. The second-order valence-corrected chi connectivity index (χ2v) is 2.74. The Hall–Kier alpha value is 0.250. The van der Waals surface area contributed by atoms with Gasteiger partial charge in [0.05, 0.1) is 0 Å². The molecule has 0 amide bonds. The van der Waals surface area contributed by atoms with E-state index in [1.54, 1.807) is 0 Å². The SMILES string of the molecule is C[C@H]1CCN(Cl)C1. The number of nitrogens with zero attached hydrogens (tertiary/aromatic N) is 1. The quantitative estimate of drug-likeness (QED) is 0.437. The van der Waals surface area contributed by atoms with E-state index in [9.17, 15) is 0 Å². The summed E-state index contributed by atoms with van der Waals surface area (Å²) in [5.41, 5.74) is 0. The van der Waals surface area contributed by atoms with Crippen LogP contribution in [0.1, 0.15) is 13.3 Å². The Morgan fingerprint density at radius 3 is 2.57 bits per heavy atom. The molecule has 0 spiro atoms. The first-order chi connectivity index (χ1) is 3.29. The Morgan fingerprint density at radius 1 is 1.71 bits per heavy atom. The number of hydrogen-bond acceptors (Lipinski definition) is 1. The van der Waals surface area contributed by atoms with Gasteiger partial charge in [0.15, 0.2) is 0 Å². The molecule has 1 rings (SSSR count). The minimum Gasteiger partial charge on any atom is -0.220 e. The van der Waals surface area contributed by atoms with E-state index in [2.05, 4.69) is 6.92 Å². The summed E-state index contributed by atoms with van der Waals surface area (Å²) in [5.74, 6) is 0.817. The van der Waals surface area contributed by atoms with Crippen LogP contribution >= 0.6 is 11.8 Å². The van der Waals surface area contributed by atoms with Crippen LogP contribution in [0.3, 0.4) is 0 Å². The Labute approximate surface area is 49.4 Å². The third-order valence-electron chi connectivity index (χ3n) is 1.37.